The first-order valence-corrected chi connectivity index (χ1v) is 8.14. The van der Waals surface area contributed by atoms with Crippen LogP contribution in [0.15, 0.2) is 30.3 Å². The van der Waals surface area contributed by atoms with Gasteiger partial charge in [0.25, 0.3) is 0 Å². The Morgan fingerprint density at radius 3 is 2.74 bits per heavy atom. The van der Waals surface area contributed by atoms with Gasteiger partial charge in [0.2, 0.25) is 0 Å². The molecule has 1 aromatic rings. The zero-order chi connectivity index (χ0) is 16.8. The lowest BCUT2D eigenvalue weighted by Gasteiger charge is -2.34. The van der Waals surface area contributed by atoms with Crippen molar-refractivity contribution < 1.29 is 24.5 Å². The molecule has 1 saturated heterocycles. The maximum atomic E-state index is 11.5. The summed E-state index contributed by atoms with van der Waals surface area (Å²) in [6.07, 6.45) is -1.60. The van der Waals surface area contributed by atoms with Crippen LogP contribution in [0.25, 0.3) is 0 Å². The number of hydrogen-bond donors (Lipinski definition) is 2. The standard InChI is InChI=1S/C18H26O5/c1-12-8-17(20)23-16(18(12)21)9-15(19)13(2)10-22-11-14-6-4-3-5-7-14/h3-7,12-13,15-16,18-19,21H,8-11H2,1-2H3/t12-,13-,15+,16-,18+/m1/s1. The molecular weight excluding hydrogens is 296 g/mol. The van der Waals surface area contributed by atoms with E-state index in [-0.39, 0.29) is 30.6 Å². The van der Waals surface area contributed by atoms with E-state index in [0.29, 0.717) is 13.2 Å². The molecule has 5 atom stereocenters. The van der Waals surface area contributed by atoms with E-state index in [4.69, 9.17) is 9.47 Å². The molecule has 0 amide bonds. The molecule has 1 aromatic carbocycles. The van der Waals surface area contributed by atoms with Gasteiger partial charge in [-0.05, 0) is 11.5 Å². The molecule has 5 nitrogen and oxygen atoms in total. The Balaban J connectivity index is 1.75. The molecule has 2 N–H and O–H groups in total. The zero-order valence-electron chi connectivity index (χ0n) is 13.7. The van der Waals surface area contributed by atoms with Gasteiger partial charge in [-0.2, -0.15) is 0 Å². The summed E-state index contributed by atoms with van der Waals surface area (Å²) in [4.78, 5) is 11.5. The Labute approximate surface area is 137 Å². The molecule has 1 fully saturated rings. The number of benzene rings is 1. The van der Waals surface area contributed by atoms with E-state index in [0.717, 1.165) is 5.56 Å². The van der Waals surface area contributed by atoms with Gasteiger partial charge in [0.15, 0.2) is 0 Å². The third-order valence-corrected chi connectivity index (χ3v) is 4.36. The van der Waals surface area contributed by atoms with Crippen molar-refractivity contribution >= 4 is 5.97 Å². The quantitative estimate of drug-likeness (QED) is 0.750. The van der Waals surface area contributed by atoms with Gasteiger partial charge in [0, 0.05) is 12.3 Å². The molecule has 2 rings (SSSR count). The van der Waals surface area contributed by atoms with Crippen LogP contribution in [0.2, 0.25) is 0 Å². The van der Waals surface area contributed by atoms with Gasteiger partial charge in [-0.15, -0.1) is 0 Å². The molecule has 1 aliphatic heterocycles. The molecule has 0 unspecified atom stereocenters. The maximum absolute atomic E-state index is 11.5. The molecule has 0 saturated carbocycles. The van der Waals surface area contributed by atoms with Crippen molar-refractivity contribution in [2.24, 2.45) is 11.8 Å². The van der Waals surface area contributed by atoms with Crippen molar-refractivity contribution in [2.45, 2.75) is 51.6 Å². The third-order valence-electron chi connectivity index (χ3n) is 4.36. The fourth-order valence-corrected chi connectivity index (χ4v) is 2.74. The van der Waals surface area contributed by atoms with E-state index in [1.165, 1.54) is 0 Å². The average molecular weight is 322 g/mol. The Morgan fingerprint density at radius 2 is 2.04 bits per heavy atom. The van der Waals surface area contributed by atoms with Crippen LogP contribution in [0.1, 0.15) is 32.3 Å². The number of aliphatic hydroxyl groups excluding tert-OH is 2. The van der Waals surface area contributed by atoms with Crippen molar-refractivity contribution in [3.05, 3.63) is 35.9 Å². The Hall–Kier alpha value is -1.43. The van der Waals surface area contributed by atoms with E-state index >= 15 is 0 Å². The minimum atomic E-state index is -0.722. The first-order chi connectivity index (χ1) is 11.0. The summed E-state index contributed by atoms with van der Waals surface area (Å²) in [6.45, 7) is 4.60. The summed E-state index contributed by atoms with van der Waals surface area (Å²) in [5.41, 5.74) is 1.08. The maximum Gasteiger partial charge on any atom is 0.306 e. The second-order valence-electron chi connectivity index (χ2n) is 6.48. The second-order valence-corrected chi connectivity index (χ2v) is 6.48. The summed E-state index contributed by atoms with van der Waals surface area (Å²) in [7, 11) is 0. The summed E-state index contributed by atoms with van der Waals surface area (Å²) in [5.74, 6) is -0.562. The molecule has 0 radical (unpaired) electrons. The van der Waals surface area contributed by atoms with E-state index in [9.17, 15) is 15.0 Å². The van der Waals surface area contributed by atoms with Crippen LogP contribution in [0.4, 0.5) is 0 Å². The van der Waals surface area contributed by atoms with Crippen molar-refractivity contribution in [1.29, 1.82) is 0 Å². The van der Waals surface area contributed by atoms with Crippen molar-refractivity contribution in [1.82, 2.24) is 0 Å². The summed E-state index contributed by atoms with van der Waals surface area (Å²) in [5, 5.41) is 20.4. The third kappa shape index (κ3) is 5.30. The van der Waals surface area contributed by atoms with Gasteiger partial charge >= 0.3 is 5.97 Å². The Kier molecular flexibility index (Phi) is 6.57. The highest BCUT2D eigenvalue weighted by molar-refractivity contribution is 5.70. The molecule has 0 aliphatic carbocycles. The monoisotopic (exact) mass is 322 g/mol. The summed E-state index contributed by atoms with van der Waals surface area (Å²) >= 11 is 0. The minimum absolute atomic E-state index is 0.109. The van der Waals surface area contributed by atoms with Crippen LogP contribution in [-0.4, -0.2) is 41.1 Å². The molecule has 0 aromatic heterocycles. The van der Waals surface area contributed by atoms with Gasteiger partial charge in [-0.1, -0.05) is 44.2 Å². The van der Waals surface area contributed by atoms with E-state index in [1.807, 2.05) is 44.2 Å². The SMILES string of the molecule is C[C@@H]1CC(=O)O[C@H](C[C@H](O)[C@H](C)COCc2ccccc2)[C@H]1O. The first kappa shape index (κ1) is 17.9. The largest absolute Gasteiger partial charge is 0.459 e. The van der Waals surface area contributed by atoms with Gasteiger partial charge in [0.05, 0.1) is 31.8 Å². The van der Waals surface area contributed by atoms with Gasteiger partial charge in [-0.3, -0.25) is 4.79 Å². The summed E-state index contributed by atoms with van der Waals surface area (Å²) < 4.78 is 10.8. The number of rotatable bonds is 7. The van der Waals surface area contributed by atoms with Crippen LogP contribution in [0, 0.1) is 11.8 Å². The van der Waals surface area contributed by atoms with Crippen LogP contribution >= 0.6 is 0 Å². The zero-order valence-corrected chi connectivity index (χ0v) is 13.7. The van der Waals surface area contributed by atoms with Crippen LogP contribution < -0.4 is 0 Å². The Morgan fingerprint density at radius 1 is 1.35 bits per heavy atom. The second kappa shape index (κ2) is 8.43. The molecule has 1 heterocycles. The number of carbonyl (C=O) groups is 1. The number of hydrogen-bond acceptors (Lipinski definition) is 5. The molecule has 0 bridgehead atoms. The fraction of sp³-hybridized carbons (Fsp3) is 0.611. The highest BCUT2D eigenvalue weighted by Gasteiger charge is 2.36. The molecular formula is C18H26O5. The lowest BCUT2D eigenvalue weighted by molar-refractivity contribution is -0.173. The fourth-order valence-electron chi connectivity index (χ4n) is 2.74. The lowest BCUT2D eigenvalue weighted by atomic mass is 9.88. The average Bonchev–Trinajstić information content (AvgIpc) is 2.53. The highest BCUT2D eigenvalue weighted by atomic mass is 16.6. The van der Waals surface area contributed by atoms with Gasteiger partial charge in [0.1, 0.15) is 6.10 Å². The van der Waals surface area contributed by atoms with Crippen molar-refractivity contribution in [3.63, 3.8) is 0 Å². The van der Waals surface area contributed by atoms with E-state index < -0.39 is 18.3 Å². The van der Waals surface area contributed by atoms with Crippen LogP contribution in [-0.2, 0) is 20.9 Å². The number of esters is 1. The molecule has 23 heavy (non-hydrogen) atoms. The predicted molar refractivity (Wildman–Crippen MR) is 85.6 cm³/mol. The topological polar surface area (TPSA) is 76.0 Å². The molecule has 5 heteroatoms. The van der Waals surface area contributed by atoms with Crippen LogP contribution in [0.3, 0.4) is 0 Å². The van der Waals surface area contributed by atoms with Gasteiger partial charge in [-0.25, -0.2) is 0 Å². The normalized spacial score (nSPS) is 27.3. The van der Waals surface area contributed by atoms with E-state index in [1.54, 1.807) is 0 Å². The van der Waals surface area contributed by atoms with Crippen molar-refractivity contribution in [2.75, 3.05) is 6.61 Å². The van der Waals surface area contributed by atoms with Gasteiger partial charge < -0.3 is 19.7 Å². The molecule has 1 aliphatic rings. The highest BCUT2D eigenvalue weighted by Crippen LogP contribution is 2.25. The van der Waals surface area contributed by atoms with Crippen molar-refractivity contribution in [3.8, 4) is 0 Å². The minimum Gasteiger partial charge on any atom is -0.459 e. The lowest BCUT2D eigenvalue weighted by Crippen LogP contribution is -2.44. The summed E-state index contributed by atoms with van der Waals surface area (Å²) in [6, 6.07) is 9.84. The number of ether oxygens (including phenoxy) is 2. The Bertz CT molecular complexity index is 489. The molecule has 0 spiro atoms. The smallest absolute Gasteiger partial charge is 0.306 e. The predicted octanol–water partition coefficient (Wildman–Crippen LogP) is 1.90. The first-order valence-electron chi connectivity index (χ1n) is 8.14. The molecule has 128 valence electrons. The number of aliphatic hydroxyl groups is 2. The number of cyclic esters (lactones) is 1. The number of carbonyl (C=O) groups excluding carboxylic acids is 1. The van der Waals surface area contributed by atoms with Crippen LogP contribution in [0.5, 0.6) is 0 Å². The van der Waals surface area contributed by atoms with E-state index in [2.05, 4.69) is 0 Å².